The van der Waals surface area contributed by atoms with E-state index in [0.29, 0.717) is 39.8 Å². The zero-order valence-electron chi connectivity index (χ0n) is 14.2. The quantitative estimate of drug-likeness (QED) is 0.229. The van der Waals surface area contributed by atoms with Crippen LogP contribution in [0.2, 0.25) is 15.1 Å². The monoisotopic (exact) mass is 716 g/mol. The first-order valence-electron chi connectivity index (χ1n) is 7.96. The highest BCUT2D eigenvalue weighted by Gasteiger charge is 2.14. The number of hydrogen-bond acceptors (Lipinski definition) is 3. The van der Waals surface area contributed by atoms with Crippen LogP contribution in [0.25, 0.3) is 0 Å². The largest absolute Gasteiger partial charge is 0.491 e. The van der Waals surface area contributed by atoms with Gasteiger partial charge in [0.05, 0.1) is 24.7 Å². The third-order valence-corrected chi connectivity index (χ3v) is 9.57. The molecule has 2 rings (SSSR count). The number of rotatable bonds is 10. The van der Waals surface area contributed by atoms with Gasteiger partial charge in [0.25, 0.3) is 0 Å². The van der Waals surface area contributed by atoms with E-state index in [-0.39, 0.29) is 9.65 Å². The fraction of sp³-hybridized carbons (Fsp3) is 0.333. The second kappa shape index (κ2) is 12.9. The topological polar surface area (TPSA) is 18.5 Å². The Labute approximate surface area is 217 Å². The zero-order valence-corrected chi connectivity index (χ0v) is 23.7. The molecule has 2 atom stereocenters. The van der Waals surface area contributed by atoms with E-state index >= 15 is 0 Å². The van der Waals surface area contributed by atoms with Crippen molar-refractivity contribution in [3.8, 4) is 11.5 Å². The van der Waals surface area contributed by atoms with E-state index in [9.17, 15) is 0 Å². The molecular weight excluding hydrogens is 706 g/mol. The Balaban J connectivity index is 2.07. The maximum Gasteiger partial charge on any atom is 0.156 e. The predicted molar refractivity (Wildman–Crippen MR) is 136 cm³/mol. The summed E-state index contributed by atoms with van der Waals surface area (Å²) in [5, 5.41) is 3.05. The van der Waals surface area contributed by atoms with Crippen LogP contribution in [-0.4, -0.2) is 33.5 Å². The molecule has 10 heteroatoms. The lowest BCUT2D eigenvalue weighted by Gasteiger charge is -2.14. The Morgan fingerprint density at radius 1 is 0.786 bits per heavy atom. The van der Waals surface area contributed by atoms with Crippen molar-refractivity contribution in [2.75, 3.05) is 23.9 Å². The van der Waals surface area contributed by atoms with E-state index in [1.54, 1.807) is 0 Å². The van der Waals surface area contributed by atoms with Gasteiger partial charge in [-0.25, -0.2) is 0 Å². The molecule has 0 bridgehead atoms. The van der Waals surface area contributed by atoms with Gasteiger partial charge < -0.3 is 9.47 Å². The van der Waals surface area contributed by atoms with E-state index < -0.39 is 0 Å². The number of hydrogen-bond donors (Lipinski definition) is 0. The summed E-state index contributed by atoms with van der Waals surface area (Å²) >= 11 is 34.4. The van der Waals surface area contributed by atoms with Gasteiger partial charge in [-0.1, -0.05) is 110 Å². The van der Waals surface area contributed by atoms with Gasteiger partial charge in [0.15, 0.2) is 5.75 Å². The first-order chi connectivity index (χ1) is 13.3. The Morgan fingerprint density at radius 3 is 1.86 bits per heavy atom. The minimum atomic E-state index is 0.172. The van der Waals surface area contributed by atoms with Gasteiger partial charge in [-0.05, 0) is 30.3 Å². The van der Waals surface area contributed by atoms with Gasteiger partial charge in [-0.15, -0.1) is 0 Å². The summed E-state index contributed by atoms with van der Waals surface area (Å²) in [6.45, 7) is 0.979. The van der Waals surface area contributed by atoms with Crippen molar-refractivity contribution in [3.05, 3.63) is 45.4 Å². The summed E-state index contributed by atoms with van der Waals surface area (Å²) in [4.78, 5) is 2.24. The minimum absolute atomic E-state index is 0.172. The lowest BCUT2D eigenvalue weighted by Crippen LogP contribution is -2.12. The molecular formula is C18H15Br4Cl3O2S. The summed E-state index contributed by atoms with van der Waals surface area (Å²) in [6, 6.07) is 9.32. The van der Waals surface area contributed by atoms with Crippen LogP contribution < -0.4 is 9.47 Å². The molecule has 28 heavy (non-hydrogen) atoms. The average Bonchev–Trinajstić information content (AvgIpc) is 2.66. The Kier molecular flexibility index (Phi) is 11.7. The molecule has 0 aliphatic rings. The van der Waals surface area contributed by atoms with Gasteiger partial charge in [-0.3, -0.25) is 0 Å². The van der Waals surface area contributed by atoms with Gasteiger partial charge in [0.2, 0.25) is 0 Å². The summed E-state index contributed by atoms with van der Waals surface area (Å²) in [5.74, 6) is 1.13. The molecule has 0 aliphatic carbocycles. The molecule has 0 heterocycles. The van der Waals surface area contributed by atoms with Crippen LogP contribution in [0.4, 0.5) is 0 Å². The molecule has 2 nitrogen and oxygen atoms in total. The predicted octanol–water partition coefficient (Wildman–Crippen LogP) is 8.87. The van der Waals surface area contributed by atoms with Crippen molar-refractivity contribution >= 4 is 110 Å². The SMILES string of the molecule is Clc1cc(Sc2cc(Cl)c(OCC(Br)CBr)c(Cl)c2)ccc1OCC(Br)CBr. The van der Waals surface area contributed by atoms with Crippen molar-refractivity contribution in [3.63, 3.8) is 0 Å². The van der Waals surface area contributed by atoms with Crippen molar-refractivity contribution in [2.45, 2.75) is 19.4 Å². The summed E-state index contributed by atoms with van der Waals surface area (Å²) in [7, 11) is 0. The number of alkyl halides is 4. The van der Waals surface area contributed by atoms with Crippen molar-refractivity contribution < 1.29 is 9.47 Å². The van der Waals surface area contributed by atoms with E-state index in [1.165, 1.54) is 11.8 Å². The van der Waals surface area contributed by atoms with E-state index in [2.05, 4.69) is 63.7 Å². The molecule has 0 spiro atoms. The van der Waals surface area contributed by atoms with Gasteiger partial charge in [0.1, 0.15) is 19.0 Å². The second-order valence-corrected chi connectivity index (χ2v) is 11.8. The average molecular weight is 721 g/mol. The molecule has 0 aromatic heterocycles. The first kappa shape index (κ1) is 25.4. The zero-order chi connectivity index (χ0) is 20.7. The van der Waals surface area contributed by atoms with Crippen LogP contribution >= 0.6 is 110 Å². The highest BCUT2D eigenvalue weighted by atomic mass is 79.9. The standard InChI is InChI=1S/C18H15Br4Cl3O2S/c19-6-10(21)8-26-17-2-1-12(3-14(17)23)28-13-4-15(24)18(16(25)5-13)27-9-11(22)7-20/h1-5,10-11H,6-9H2. The second-order valence-electron chi connectivity index (χ2n) is 5.54. The number of halogens is 7. The van der Waals surface area contributed by atoms with Gasteiger partial charge >= 0.3 is 0 Å². The van der Waals surface area contributed by atoms with E-state index in [4.69, 9.17) is 44.3 Å². The molecule has 0 aliphatic heterocycles. The van der Waals surface area contributed by atoms with Crippen LogP contribution in [0, 0.1) is 0 Å². The molecule has 0 saturated heterocycles. The fourth-order valence-electron chi connectivity index (χ4n) is 1.97. The summed E-state index contributed by atoms with van der Waals surface area (Å²) < 4.78 is 11.4. The maximum absolute atomic E-state index is 6.36. The van der Waals surface area contributed by atoms with Crippen molar-refractivity contribution in [2.24, 2.45) is 0 Å². The highest BCUT2D eigenvalue weighted by Crippen LogP contribution is 2.41. The van der Waals surface area contributed by atoms with Crippen LogP contribution in [0.15, 0.2) is 40.1 Å². The molecule has 2 aromatic rings. The lowest BCUT2D eigenvalue weighted by molar-refractivity contribution is 0.325. The van der Waals surface area contributed by atoms with Crippen LogP contribution in [0.5, 0.6) is 11.5 Å². The number of benzene rings is 2. The molecule has 2 unspecified atom stereocenters. The molecule has 0 N–H and O–H groups in total. The Morgan fingerprint density at radius 2 is 1.32 bits per heavy atom. The third kappa shape index (κ3) is 8.03. The van der Waals surface area contributed by atoms with Crippen molar-refractivity contribution in [1.29, 1.82) is 0 Å². The minimum Gasteiger partial charge on any atom is -0.491 e. The Bertz CT molecular complexity index is 774. The first-order valence-corrected chi connectivity index (χ1v) is 14.0. The summed E-state index contributed by atoms with van der Waals surface area (Å²) in [6.07, 6.45) is 0. The third-order valence-electron chi connectivity index (χ3n) is 3.27. The molecule has 154 valence electrons. The van der Waals surface area contributed by atoms with E-state index in [1.807, 2.05) is 30.3 Å². The van der Waals surface area contributed by atoms with Crippen LogP contribution in [0.1, 0.15) is 0 Å². The van der Waals surface area contributed by atoms with Crippen LogP contribution in [0.3, 0.4) is 0 Å². The summed E-state index contributed by atoms with van der Waals surface area (Å²) in [5.41, 5.74) is 0. The normalized spacial score (nSPS) is 13.2. The maximum atomic E-state index is 6.36. The van der Waals surface area contributed by atoms with Gasteiger partial charge in [0, 0.05) is 20.5 Å². The van der Waals surface area contributed by atoms with E-state index in [0.717, 1.165) is 20.5 Å². The molecule has 0 fully saturated rings. The lowest BCUT2D eigenvalue weighted by atomic mass is 10.3. The van der Waals surface area contributed by atoms with Crippen LogP contribution in [-0.2, 0) is 0 Å². The van der Waals surface area contributed by atoms with Gasteiger partial charge in [-0.2, -0.15) is 0 Å². The fourth-order valence-corrected chi connectivity index (χ4v) is 4.58. The molecule has 0 radical (unpaired) electrons. The van der Waals surface area contributed by atoms with Crippen molar-refractivity contribution in [1.82, 2.24) is 0 Å². The molecule has 2 aromatic carbocycles. The molecule has 0 amide bonds. The highest BCUT2D eigenvalue weighted by molar-refractivity contribution is 9.12. The number of ether oxygens (including phenoxy) is 2. The molecule has 0 saturated carbocycles. The Hall–Kier alpha value is 1.18. The smallest absolute Gasteiger partial charge is 0.156 e.